The zero-order chi connectivity index (χ0) is 15.5. The van der Waals surface area contributed by atoms with E-state index in [1.165, 1.54) is 0 Å². The molecule has 0 fully saturated rings. The topological polar surface area (TPSA) is 121 Å². The van der Waals surface area contributed by atoms with Crippen LogP contribution in [-0.2, 0) is 14.9 Å². The summed E-state index contributed by atoms with van der Waals surface area (Å²) >= 11 is 0. The smallest absolute Gasteiger partial charge is 0.327 e. The molecule has 0 spiro atoms. The first kappa shape index (κ1) is 16.0. The van der Waals surface area contributed by atoms with E-state index in [9.17, 15) is 26.8 Å². The van der Waals surface area contributed by atoms with Crippen LogP contribution < -0.4 is 5.32 Å². The number of hydrogen-bond donors (Lipinski definition) is 3. The maximum absolute atomic E-state index is 13.3. The van der Waals surface area contributed by atoms with Crippen LogP contribution in [0.4, 0.5) is 8.78 Å². The Labute approximate surface area is 112 Å². The highest BCUT2D eigenvalue weighted by Gasteiger charge is 2.27. The van der Waals surface area contributed by atoms with Crippen molar-refractivity contribution < 1.29 is 36.4 Å². The summed E-state index contributed by atoms with van der Waals surface area (Å²) in [6.07, 6.45) is 0. The van der Waals surface area contributed by atoms with Gasteiger partial charge in [-0.25, -0.2) is 13.6 Å². The van der Waals surface area contributed by atoms with Gasteiger partial charge in [-0.1, -0.05) is 6.07 Å². The molecule has 0 unspecified atom stereocenters. The van der Waals surface area contributed by atoms with Gasteiger partial charge in [-0.05, 0) is 12.1 Å². The first-order chi connectivity index (χ1) is 9.11. The highest BCUT2D eigenvalue weighted by Crippen LogP contribution is 2.11. The van der Waals surface area contributed by atoms with Gasteiger partial charge in [-0.3, -0.25) is 9.35 Å². The van der Waals surface area contributed by atoms with Crippen molar-refractivity contribution in [1.82, 2.24) is 5.32 Å². The first-order valence-corrected chi connectivity index (χ1v) is 6.65. The molecule has 0 aromatic heterocycles. The first-order valence-electron chi connectivity index (χ1n) is 5.04. The Morgan fingerprint density at radius 1 is 1.30 bits per heavy atom. The Morgan fingerprint density at radius 3 is 2.40 bits per heavy atom. The Bertz CT molecular complexity index is 645. The zero-order valence-corrected chi connectivity index (χ0v) is 10.5. The summed E-state index contributed by atoms with van der Waals surface area (Å²) in [6.45, 7) is 0. The number of aliphatic carboxylic acids is 1. The number of nitrogens with one attached hydrogen (secondary N) is 1. The fourth-order valence-corrected chi connectivity index (χ4v) is 1.95. The van der Waals surface area contributed by atoms with Crippen molar-refractivity contribution in [2.75, 3.05) is 5.75 Å². The molecule has 20 heavy (non-hydrogen) atoms. The number of rotatable bonds is 5. The highest BCUT2D eigenvalue weighted by atomic mass is 32.2. The van der Waals surface area contributed by atoms with E-state index in [0.29, 0.717) is 0 Å². The number of carbonyl (C=O) groups excluding carboxylic acids is 1. The summed E-state index contributed by atoms with van der Waals surface area (Å²) in [5, 5.41) is 10.4. The Balaban J connectivity index is 2.97. The minimum Gasteiger partial charge on any atom is -0.480 e. The molecule has 1 aromatic rings. The molecule has 0 aliphatic carbocycles. The monoisotopic (exact) mass is 309 g/mol. The fourth-order valence-electron chi connectivity index (χ4n) is 1.30. The molecular weight excluding hydrogens is 300 g/mol. The molecule has 0 aliphatic rings. The second-order valence-electron chi connectivity index (χ2n) is 3.71. The lowest BCUT2D eigenvalue weighted by molar-refractivity contribution is -0.138. The third-order valence-electron chi connectivity index (χ3n) is 2.18. The molecule has 0 saturated heterocycles. The highest BCUT2D eigenvalue weighted by molar-refractivity contribution is 7.85. The van der Waals surface area contributed by atoms with E-state index in [4.69, 9.17) is 9.66 Å². The van der Waals surface area contributed by atoms with Gasteiger partial charge in [-0.15, -0.1) is 0 Å². The Morgan fingerprint density at radius 2 is 1.90 bits per heavy atom. The molecule has 7 nitrogen and oxygen atoms in total. The van der Waals surface area contributed by atoms with Crippen molar-refractivity contribution in [3.63, 3.8) is 0 Å². The van der Waals surface area contributed by atoms with Crippen LogP contribution in [0.25, 0.3) is 0 Å². The van der Waals surface area contributed by atoms with E-state index in [2.05, 4.69) is 0 Å². The number of benzene rings is 1. The molecule has 0 saturated carbocycles. The van der Waals surface area contributed by atoms with Crippen LogP contribution in [0.1, 0.15) is 10.4 Å². The lowest BCUT2D eigenvalue weighted by Crippen LogP contribution is -2.45. The Kier molecular flexibility index (Phi) is 4.73. The molecule has 110 valence electrons. The van der Waals surface area contributed by atoms with Crippen molar-refractivity contribution in [2.24, 2.45) is 0 Å². The van der Waals surface area contributed by atoms with Gasteiger partial charge in [0, 0.05) is 0 Å². The van der Waals surface area contributed by atoms with Crippen molar-refractivity contribution in [3.8, 4) is 0 Å². The third-order valence-corrected chi connectivity index (χ3v) is 2.93. The van der Waals surface area contributed by atoms with Gasteiger partial charge < -0.3 is 10.4 Å². The van der Waals surface area contributed by atoms with E-state index in [0.717, 1.165) is 18.2 Å². The van der Waals surface area contributed by atoms with Crippen LogP contribution >= 0.6 is 0 Å². The number of amides is 1. The minimum absolute atomic E-state index is 0.749. The fraction of sp³-hybridized carbons (Fsp3) is 0.200. The van der Waals surface area contributed by atoms with Crippen LogP contribution in [0.2, 0.25) is 0 Å². The summed E-state index contributed by atoms with van der Waals surface area (Å²) in [5.74, 6) is -7.20. The predicted molar refractivity (Wildman–Crippen MR) is 61.7 cm³/mol. The second-order valence-corrected chi connectivity index (χ2v) is 5.21. The number of carboxylic acid groups (broad SMARTS) is 1. The molecule has 1 amide bonds. The molecule has 0 aliphatic heterocycles. The number of carbonyl (C=O) groups is 2. The van der Waals surface area contributed by atoms with Crippen LogP contribution in [0.5, 0.6) is 0 Å². The van der Waals surface area contributed by atoms with Crippen molar-refractivity contribution in [3.05, 3.63) is 35.4 Å². The molecule has 0 radical (unpaired) electrons. The van der Waals surface area contributed by atoms with Gasteiger partial charge in [-0.2, -0.15) is 8.42 Å². The average molecular weight is 309 g/mol. The number of hydrogen-bond acceptors (Lipinski definition) is 4. The van der Waals surface area contributed by atoms with Crippen LogP contribution in [0.3, 0.4) is 0 Å². The normalized spacial score (nSPS) is 12.8. The third kappa shape index (κ3) is 4.24. The maximum Gasteiger partial charge on any atom is 0.327 e. The molecule has 3 N–H and O–H groups in total. The van der Waals surface area contributed by atoms with Gasteiger partial charge in [0.2, 0.25) is 0 Å². The van der Waals surface area contributed by atoms with Gasteiger partial charge in [0.1, 0.15) is 11.8 Å². The molecule has 0 bridgehead atoms. The van der Waals surface area contributed by atoms with Crippen LogP contribution in [0.15, 0.2) is 18.2 Å². The standard InChI is InChI=1S/C10H9F2NO6S/c11-6-3-1-2-5(8(6)12)9(14)13-7(10(15)16)4-20(17,18)19/h1-3,7H,4H2,(H,13,14)(H,15,16)(H,17,18,19)/t7-/m0/s1. The second kappa shape index (κ2) is 5.92. The van der Waals surface area contributed by atoms with Gasteiger partial charge in [0.15, 0.2) is 11.6 Å². The average Bonchev–Trinajstić information content (AvgIpc) is 2.29. The maximum atomic E-state index is 13.3. The quantitative estimate of drug-likeness (QED) is 0.660. The molecule has 1 aromatic carbocycles. The summed E-state index contributed by atoms with van der Waals surface area (Å²) in [6, 6.07) is 0.658. The number of carboxylic acids is 1. The van der Waals surface area contributed by atoms with E-state index in [1.54, 1.807) is 5.32 Å². The summed E-state index contributed by atoms with van der Waals surface area (Å²) < 4.78 is 55.9. The summed E-state index contributed by atoms with van der Waals surface area (Å²) in [4.78, 5) is 22.3. The van der Waals surface area contributed by atoms with E-state index in [1.807, 2.05) is 0 Å². The summed E-state index contributed by atoms with van der Waals surface area (Å²) in [5.41, 5.74) is -0.786. The minimum atomic E-state index is -4.68. The van der Waals surface area contributed by atoms with Crippen molar-refractivity contribution in [1.29, 1.82) is 0 Å². The van der Waals surface area contributed by atoms with Gasteiger partial charge in [0.05, 0.1) is 5.56 Å². The molecule has 1 rings (SSSR count). The number of halogens is 2. The molecule has 1 atom stereocenters. The summed E-state index contributed by atoms with van der Waals surface area (Å²) in [7, 11) is -4.68. The zero-order valence-electron chi connectivity index (χ0n) is 9.71. The largest absolute Gasteiger partial charge is 0.480 e. The SMILES string of the molecule is O=C(N[C@@H](CS(=O)(=O)O)C(=O)O)c1cccc(F)c1F. The lowest BCUT2D eigenvalue weighted by Gasteiger charge is -2.13. The molecular formula is C10H9F2NO6S. The van der Waals surface area contributed by atoms with E-state index < -0.39 is 51.0 Å². The van der Waals surface area contributed by atoms with Gasteiger partial charge >= 0.3 is 5.97 Å². The van der Waals surface area contributed by atoms with Gasteiger partial charge in [0.25, 0.3) is 16.0 Å². The Hall–Kier alpha value is -2.07. The lowest BCUT2D eigenvalue weighted by atomic mass is 10.2. The molecule has 0 heterocycles. The van der Waals surface area contributed by atoms with Crippen molar-refractivity contribution >= 4 is 22.0 Å². The predicted octanol–water partition coefficient (Wildman–Crippen LogP) is 0.0356. The van der Waals surface area contributed by atoms with Crippen LogP contribution in [0, 0.1) is 11.6 Å². The van der Waals surface area contributed by atoms with Crippen LogP contribution in [-0.4, -0.2) is 41.7 Å². The van der Waals surface area contributed by atoms with E-state index in [-0.39, 0.29) is 0 Å². The molecule has 10 heteroatoms. The van der Waals surface area contributed by atoms with E-state index >= 15 is 0 Å². The van der Waals surface area contributed by atoms with Crippen molar-refractivity contribution in [2.45, 2.75) is 6.04 Å².